The number of hydrogen-bond donors (Lipinski definition) is 4. The Bertz CT molecular complexity index is 608. The number of carbonyl (C=O) groups is 2. The Morgan fingerprint density at radius 3 is 2.83 bits per heavy atom. The fourth-order valence-electron chi connectivity index (χ4n) is 2.12. The molecule has 4 N–H and O–H groups in total. The van der Waals surface area contributed by atoms with Gasteiger partial charge in [0.15, 0.2) is 5.11 Å². The molecule has 0 radical (unpaired) electrons. The van der Waals surface area contributed by atoms with E-state index in [9.17, 15) is 9.59 Å². The van der Waals surface area contributed by atoms with E-state index >= 15 is 0 Å². The summed E-state index contributed by atoms with van der Waals surface area (Å²) in [4.78, 5) is 23.6. The quantitative estimate of drug-likeness (QED) is 0.451. The van der Waals surface area contributed by atoms with Crippen LogP contribution in [0, 0.1) is 0 Å². The molecule has 1 aromatic rings. The first-order valence-electron chi connectivity index (χ1n) is 7.52. The van der Waals surface area contributed by atoms with Gasteiger partial charge in [-0.3, -0.25) is 20.4 Å². The van der Waals surface area contributed by atoms with E-state index in [1.54, 1.807) is 18.2 Å². The number of thiocarbonyl (C=S) groups is 1. The first-order chi connectivity index (χ1) is 11.5. The van der Waals surface area contributed by atoms with Gasteiger partial charge >= 0.3 is 0 Å². The molecule has 1 atom stereocenters. The summed E-state index contributed by atoms with van der Waals surface area (Å²) in [5.74, 6) is -0.807. The molecule has 24 heavy (non-hydrogen) atoms. The van der Waals surface area contributed by atoms with E-state index in [0.29, 0.717) is 22.2 Å². The summed E-state index contributed by atoms with van der Waals surface area (Å²) in [6.45, 7) is 1.18. The molecule has 2 rings (SSSR count). The molecule has 1 aliphatic heterocycles. The third-order valence-electron chi connectivity index (χ3n) is 3.33. The van der Waals surface area contributed by atoms with Crippen molar-refractivity contribution >= 4 is 40.7 Å². The monoisotopic (exact) mass is 370 g/mol. The van der Waals surface area contributed by atoms with Crippen molar-refractivity contribution in [2.45, 2.75) is 18.9 Å². The lowest BCUT2D eigenvalue weighted by Crippen LogP contribution is -2.50. The van der Waals surface area contributed by atoms with Gasteiger partial charge in [-0.2, -0.15) is 0 Å². The Kier molecular flexibility index (Phi) is 7.23. The number of benzene rings is 1. The maximum atomic E-state index is 11.9. The van der Waals surface area contributed by atoms with Crippen LogP contribution in [0.15, 0.2) is 24.3 Å². The standard InChI is InChI=1S/C15H19ClN4O3S/c16-11-4-1-3-10(7-11)14(22)17-9-13(21)19-20-15(24)18-8-12-5-2-6-23-12/h1,3-4,7,12H,2,5-6,8-9H2,(H,17,22)(H,19,21)(H2,18,20,24). The second-order valence-corrected chi connectivity index (χ2v) is 6.06. The fourth-order valence-corrected chi connectivity index (χ4v) is 2.44. The van der Waals surface area contributed by atoms with Crippen LogP contribution >= 0.6 is 23.8 Å². The second-order valence-electron chi connectivity index (χ2n) is 5.21. The van der Waals surface area contributed by atoms with Crippen LogP contribution in [0.25, 0.3) is 0 Å². The van der Waals surface area contributed by atoms with Gasteiger partial charge in [0.2, 0.25) is 0 Å². The molecule has 0 spiro atoms. The molecule has 130 valence electrons. The lowest BCUT2D eigenvalue weighted by Gasteiger charge is -2.14. The third-order valence-corrected chi connectivity index (χ3v) is 3.81. The second kappa shape index (κ2) is 9.41. The van der Waals surface area contributed by atoms with Crippen molar-refractivity contribution in [3.05, 3.63) is 34.9 Å². The van der Waals surface area contributed by atoms with E-state index < -0.39 is 5.91 Å². The van der Waals surface area contributed by atoms with E-state index in [1.807, 2.05) is 0 Å². The summed E-state index contributed by atoms with van der Waals surface area (Å²) in [7, 11) is 0. The average molecular weight is 371 g/mol. The van der Waals surface area contributed by atoms with Gasteiger partial charge in [0.05, 0.1) is 12.6 Å². The molecule has 1 fully saturated rings. The highest BCUT2D eigenvalue weighted by molar-refractivity contribution is 7.80. The molecular formula is C15H19ClN4O3S. The Hall–Kier alpha value is -1.90. The van der Waals surface area contributed by atoms with Crippen LogP contribution in [-0.4, -0.2) is 42.7 Å². The van der Waals surface area contributed by atoms with Crippen molar-refractivity contribution in [1.29, 1.82) is 0 Å². The van der Waals surface area contributed by atoms with Gasteiger partial charge < -0.3 is 15.4 Å². The summed E-state index contributed by atoms with van der Waals surface area (Å²) < 4.78 is 5.45. The molecule has 1 aromatic carbocycles. The molecule has 0 bridgehead atoms. The minimum absolute atomic E-state index is 0.150. The van der Waals surface area contributed by atoms with Gasteiger partial charge in [0, 0.05) is 23.7 Å². The van der Waals surface area contributed by atoms with E-state index in [-0.39, 0.29) is 18.6 Å². The zero-order valence-corrected chi connectivity index (χ0v) is 14.5. The molecule has 2 amide bonds. The number of nitrogens with one attached hydrogen (secondary N) is 4. The Labute approximate surface area is 150 Å². The summed E-state index contributed by atoms with van der Waals surface area (Å²) >= 11 is 10.9. The van der Waals surface area contributed by atoms with Crippen LogP contribution < -0.4 is 21.5 Å². The van der Waals surface area contributed by atoms with Crippen molar-refractivity contribution in [2.24, 2.45) is 0 Å². The summed E-state index contributed by atoms with van der Waals surface area (Å²) in [6, 6.07) is 6.47. The van der Waals surface area contributed by atoms with Gasteiger partial charge in [0.25, 0.3) is 11.8 Å². The maximum absolute atomic E-state index is 11.9. The van der Waals surface area contributed by atoms with E-state index in [1.165, 1.54) is 6.07 Å². The zero-order valence-electron chi connectivity index (χ0n) is 12.9. The molecule has 1 saturated heterocycles. The highest BCUT2D eigenvalue weighted by Crippen LogP contribution is 2.10. The number of rotatable bonds is 5. The summed E-state index contributed by atoms with van der Waals surface area (Å²) in [6.07, 6.45) is 2.20. The van der Waals surface area contributed by atoms with Gasteiger partial charge in [-0.25, -0.2) is 0 Å². The molecule has 9 heteroatoms. The van der Waals surface area contributed by atoms with Gasteiger partial charge in [-0.05, 0) is 43.3 Å². The van der Waals surface area contributed by atoms with Gasteiger partial charge in [0.1, 0.15) is 0 Å². The highest BCUT2D eigenvalue weighted by atomic mass is 35.5. The first kappa shape index (κ1) is 18.4. The van der Waals surface area contributed by atoms with Crippen molar-refractivity contribution in [3.8, 4) is 0 Å². The molecule has 1 unspecified atom stereocenters. The fraction of sp³-hybridized carbons (Fsp3) is 0.400. The van der Waals surface area contributed by atoms with Crippen LogP contribution in [0.5, 0.6) is 0 Å². The van der Waals surface area contributed by atoms with E-state index in [2.05, 4.69) is 21.5 Å². The number of amides is 2. The van der Waals surface area contributed by atoms with Gasteiger partial charge in [-0.1, -0.05) is 17.7 Å². The van der Waals surface area contributed by atoms with Crippen molar-refractivity contribution in [2.75, 3.05) is 19.7 Å². The Morgan fingerprint density at radius 1 is 1.29 bits per heavy atom. The molecule has 0 aromatic heterocycles. The first-order valence-corrected chi connectivity index (χ1v) is 8.31. The number of ether oxygens (including phenoxy) is 1. The van der Waals surface area contributed by atoms with Gasteiger partial charge in [-0.15, -0.1) is 0 Å². The minimum Gasteiger partial charge on any atom is -0.376 e. The van der Waals surface area contributed by atoms with Crippen molar-refractivity contribution in [1.82, 2.24) is 21.5 Å². The smallest absolute Gasteiger partial charge is 0.257 e. The Balaban J connectivity index is 1.62. The molecule has 0 aliphatic carbocycles. The van der Waals surface area contributed by atoms with Crippen LogP contribution in [0.1, 0.15) is 23.2 Å². The van der Waals surface area contributed by atoms with Crippen molar-refractivity contribution in [3.63, 3.8) is 0 Å². The molecular weight excluding hydrogens is 352 g/mol. The molecule has 7 nitrogen and oxygen atoms in total. The van der Waals surface area contributed by atoms with Crippen LogP contribution in [0.2, 0.25) is 5.02 Å². The van der Waals surface area contributed by atoms with Crippen LogP contribution in [0.4, 0.5) is 0 Å². The van der Waals surface area contributed by atoms with Crippen LogP contribution in [0.3, 0.4) is 0 Å². The maximum Gasteiger partial charge on any atom is 0.257 e. The minimum atomic E-state index is -0.424. The molecule has 1 heterocycles. The number of hydrogen-bond acceptors (Lipinski definition) is 4. The van der Waals surface area contributed by atoms with E-state index in [4.69, 9.17) is 28.6 Å². The van der Waals surface area contributed by atoms with E-state index in [0.717, 1.165) is 19.4 Å². The normalized spacial score (nSPS) is 16.3. The summed E-state index contributed by atoms with van der Waals surface area (Å²) in [5, 5.41) is 6.20. The number of carbonyl (C=O) groups excluding carboxylic acids is 2. The number of halogens is 1. The highest BCUT2D eigenvalue weighted by Gasteiger charge is 2.15. The number of hydrazine groups is 1. The zero-order chi connectivity index (χ0) is 17.4. The molecule has 1 aliphatic rings. The topological polar surface area (TPSA) is 91.5 Å². The summed E-state index contributed by atoms with van der Waals surface area (Å²) in [5.41, 5.74) is 5.36. The lowest BCUT2D eigenvalue weighted by atomic mass is 10.2. The lowest BCUT2D eigenvalue weighted by molar-refractivity contribution is -0.120. The largest absolute Gasteiger partial charge is 0.376 e. The average Bonchev–Trinajstić information content (AvgIpc) is 3.09. The predicted molar refractivity (Wildman–Crippen MR) is 94.6 cm³/mol. The van der Waals surface area contributed by atoms with Crippen LogP contribution in [-0.2, 0) is 9.53 Å². The molecule has 0 saturated carbocycles. The Morgan fingerprint density at radius 2 is 2.12 bits per heavy atom. The van der Waals surface area contributed by atoms with Crippen molar-refractivity contribution < 1.29 is 14.3 Å². The third kappa shape index (κ3) is 6.31. The predicted octanol–water partition coefficient (Wildman–Crippen LogP) is 0.744. The SMILES string of the molecule is O=C(CNC(=O)c1cccc(Cl)c1)NNC(=S)NCC1CCCO1.